The summed E-state index contributed by atoms with van der Waals surface area (Å²) in [6.07, 6.45) is 1.00. The number of carboxylic acids is 1. The first-order valence-electron chi connectivity index (χ1n) is 15.7. The largest absolute Gasteiger partial charge is 0.490 e. The van der Waals surface area contributed by atoms with E-state index in [1.807, 2.05) is 6.07 Å². The smallest absolute Gasteiger partial charge is 0.490 e. The van der Waals surface area contributed by atoms with Crippen LogP contribution in [0.25, 0.3) is 10.8 Å². The molecule has 1 heterocycles. The Morgan fingerprint density at radius 1 is 0.898 bits per heavy atom. The number of nitrogens with zero attached hydrogens (tertiary/aromatic N) is 1. The van der Waals surface area contributed by atoms with Crippen LogP contribution in [0.15, 0.2) is 65.6 Å². The van der Waals surface area contributed by atoms with E-state index >= 15 is 8.78 Å². The second-order valence-corrected chi connectivity index (χ2v) is 14.8. The fourth-order valence-corrected chi connectivity index (χ4v) is 7.96. The number of piperidine rings is 1. The normalized spacial score (nSPS) is 22.0. The molecule has 266 valence electrons. The summed E-state index contributed by atoms with van der Waals surface area (Å²) in [5, 5.41) is 8.72. The lowest BCUT2D eigenvalue weighted by Gasteiger charge is -2.39. The SMILES string of the molecule is NC1[C@@H]2CC[C@H]1CN(C(=O)[C@H](NS(=O)(=O)c1ccc3cc(OC4CCCC4)ccc3c1)C(F)(F)c1ccc(Cl)cc1)C2.O=C(O)C(F)(F)F. The van der Waals surface area contributed by atoms with Crippen LogP contribution in [0, 0.1) is 11.8 Å². The molecule has 1 saturated heterocycles. The average Bonchev–Trinajstić information content (AvgIpc) is 3.61. The zero-order valence-corrected chi connectivity index (χ0v) is 27.6. The lowest BCUT2D eigenvalue weighted by molar-refractivity contribution is -0.192. The van der Waals surface area contributed by atoms with E-state index in [0.29, 0.717) is 11.1 Å². The molecule has 1 amide bonds. The summed E-state index contributed by atoms with van der Waals surface area (Å²) in [6, 6.07) is 12.1. The highest BCUT2D eigenvalue weighted by atomic mass is 35.5. The quantitative estimate of drug-likeness (QED) is 0.239. The number of nitrogens with two attached hydrogens (primary N) is 1. The minimum Gasteiger partial charge on any atom is -0.490 e. The van der Waals surface area contributed by atoms with Gasteiger partial charge in [-0.15, -0.1) is 0 Å². The molecule has 3 aliphatic rings. The van der Waals surface area contributed by atoms with Crippen LogP contribution in [0.4, 0.5) is 22.0 Å². The second-order valence-electron chi connectivity index (χ2n) is 12.6. The Labute approximate surface area is 284 Å². The van der Waals surface area contributed by atoms with E-state index in [4.69, 9.17) is 32.0 Å². The first-order chi connectivity index (χ1) is 23.0. The van der Waals surface area contributed by atoms with Gasteiger partial charge in [-0.25, -0.2) is 13.2 Å². The van der Waals surface area contributed by atoms with Crippen molar-refractivity contribution in [3.8, 4) is 5.75 Å². The monoisotopic (exact) mass is 731 g/mol. The lowest BCUT2D eigenvalue weighted by Crippen LogP contribution is -2.60. The van der Waals surface area contributed by atoms with Crippen molar-refractivity contribution in [2.24, 2.45) is 17.6 Å². The number of carbonyl (C=O) groups is 2. The van der Waals surface area contributed by atoms with Crippen molar-refractivity contribution in [2.75, 3.05) is 13.1 Å². The van der Waals surface area contributed by atoms with Crippen LogP contribution in [0.5, 0.6) is 5.75 Å². The Balaban J connectivity index is 0.000000606. The number of likely N-dealkylation sites (tertiary alicyclic amines) is 1. The third-order valence-corrected chi connectivity index (χ3v) is 10.9. The molecule has 3 fully saturated rings. The second kappa shape index (κ2) is 14.4. The number of carboxylic acid groups (broad SMARTS) is 1. The Kier molecular flexibility index (Phi) is 10.8. The predicted octanol–water partition coefficient (Wildman–Crippen LogP) is 6.08. The molecule has 0 radical (unpaired) electrons. The molecule has 49 heavy (non-hydrogen) atoms. The summed E-state index contributed by atoms with van der Waals surface area (Å²) in [4.78, 5) is 23.8. The molecule has 4 atom stereocenters. The van der Waals surface area contributed by atoms with E-state index in [1.54, 1.807) is 18.2 Å². The number of ether oxygens (including phenoxy) is 1. The van der Waals surface area contributed by atoms with Crippen LogP contribution in [0.2, 0.25) is 5.02 Å². The highest BCUT2D eigenvalue weighted by Crippen LogP contribution is 2.39. The lowest BCUT2D eigenvalue weighted by atomic mass is 9.92. The van der Waals surface area contributed by atoms with Crippen molar-refractivity contribution in [3.63, 3.8) is 0 Å². The number of carbonyl (C=O) groups excluding carboxylic acids is 1. The van der Waals surface area contributed by atoms with Gasteiger partial charge in [-0.2, -0.15) is 26.7 Å². The van der Waals surface area contributed by atoms with Crippen LogP contribution >= 0.6 is 11.6 Å². The Morgan fingerprint density at radius 3 is 2.02 bits per heavy atom. The molecule has 2 saturated carbocycles. The van der Waals surface area contributed by atoms with Crippen LogP contribution < -0.4 is 15.2 Å². The van der Waals surface area contributed by atoms with Gasteiger partial charge in [0, 0.05) is 29.7 Å². The van der Waals surface area contributed by atoms with Crippen LogP contribution in [0.1, 0.15) is 44.1 Å². The molecule has 2 aliphatic carbocycles. The number of hydrogen-bond donors (Lipinski definition) is 3. The summed E-state index contributed by atoms with van der Waals surface area (Å²) in [6.45, 7) is 0.430. The molecule has 3 aromatic rings. The number of aliphatic carboxylic acids is 1. The van der Waals surface area contributed by atoms with Crippen molar-refractivity contribution in [3.05, 3.63) is 71.2 Å². The number of nitrogens with one attached hydrogen (secondary N) is 1. The molecule has 2 bridgehead atoms. The maximum Gasteiger partial charge on any atom is 0.490 e. The summed E-state index contributed by atoms with van der Waals surface area (Å²) < 4.78 is 99.3. The molecule has 6 rings (SSSR count). The van der Waals surface area contributed by atoms with Gasteiger partial charge in [-0.05, 0) is 97.5 Å². The number of halogens is 6. The summed E-state index contributed by atoms with van der Waals surface area (Å²) in [5.41, 5.74) is 5.75. The van der Waals surface area contributed by atoms with Gasteiger partial charge < -0.3 is 20.5 Å². The minimum atomic E-state index is -5.08. The number of sulfonamides is 1. The zero-order valence-electron chi connectivity index (χ0n) is 26.0. The van der Waals surface area contributed by atoms with Crippen LogP contribution in [-0.4, -0.2) is 67.8 Å². The average molecular weight is 732 g/mol. The molecule has 0 aromatic heterocycles. The number of fused-ring (bicyclic) bond motifs is 3. The van der Waals surface area contributed by atoms with Crippen LogP contribution in [0.3, 0.4) is 0 Å². The summed E-state index contributed by atoms with van der Waals surface area (Å²) >= 11 is 5.91. The van der Waals surface area contributed by atoms with E-state index in [0.717, 1.165) is 56.0 Å². The van der Waals surface area contributed by atoms with E-state index in [1.165, 1.54) is 29.2 Å². The van der Waals surface area contributed by atoms with Crippen molar-refractivity contribution < 1.29 is 49.8 Å². The highest BCUT2D eigenvalue weighted by molar-refractivity contribution is 7.89. The Bertz CT molecular complexity index is 1770. The molecule has 1 unspecified atom stereocenters. The molecule has 9 nitrogen and oxygen atoms in total. The predicted molar refractivity (Wildman–Crippen MR) is 171 cm³/mol. The fourth-order valence-electron chi connectivity index (χ4n) is 6.61. The molecular formula is C33H35ClF5N3O6S. The van der Waals surface area contributed by atoms with Crippen molar-refractivity contribution >= 4 is 44.3 Å². The molecular weight excluding hydrogens is 697 g/mol. The number of benzene rings is 3. The molecule has 0 spiro atoms. The van der Waals surface area contributed by atoms with E-state index in [9.17, 15) is 26.4 Å². The van der Waals surface area contributed by atoms with Crippen molar-refractivity contribution in [1.82, 2.24) is 9.62 Å². The summed E-state index contributed by atoms with van der Waals surface area (Å²) in [5.74, 6) is -6.90. The van der Waals surface area contributed by atoms with Gasteiger partial charge in [0.05, 0.1) is 11.0 Å². The topological polar surface area (TPSA) is 139 Å². The summed E-state index contributed by atoms with van der Waals surface area (Å²) in [7, 11) is -4.54. The number of hydrogen-bond acceptors (Lipinski definition) is 6. The standard InChI is InChI=1S/C31H34ClF2N3O4S.C2HF3O2/c32-24-11-9-23(10-12-24)31(33,34)29(30(38)37-17-21-5-6-22(18-37)28(21)35)36-42(39,40)27-14-8-19-15-26(13-7-20(19)16-27)41-25-3-1-2-4-25;3-2(4,5)1(6)7/h7-16,21-22,25,28-29,36H,1-6,17-18,35H2;(H,6,7)/t21-,22+,28?,29-;/m0./s1. The third kappa shape index (κ3) is 8.44. The minimum absolute atomic E-state index is 0.00265. The zero-order chi connectivity index (χ0) is 35.7. The molecule has 16 heteroatoms. The van der Waals surface area contributed by atoms with Gasteiger partial charge in [0.25, 0.3) is 5.92 Å². The number of rotatable bonds is 8. The number of amides is 1. The Morgan fingerprint density at radius 2 is 1.45 bits per heavy atom. The van der Waals surface area contributed by atoms with Gasteiger partial charge in [-0.3, -0.25) is 4.79 Å². The third-order valence-electron chi connectivity index (χ3n) is 9.27. The van der Waals surface area contributed by atoms with Gasteiger partial charge >= 0.3 is 12.1 Å². The highest BCUT2D eigenvalue weighted by Gasteiger charge is 2.52. The first-order valence-corrected chi connectivity index (χ1v) is 17.5. The van der Waals surface area contributed by atoms with E-state index in [2.05, 4.69) is 4.72 Å². The van der Waals surface area contributed by atoms with Gasteiger partial charge in [0.1, 0.15) is 5.75 Å². The molecule has 1 aliphatic heterocycles. The maximum absolute atomic E-state index is 16.1. The van der Waals surface area contributed by atoms with Gasteiger partial charge in [-0.1, -0.05) is 35.9 Å². The fraction of sp³-hybridized carbons (Fsp3) is 0.455. The van der Waals surface area contributed by atoms with E-state index < -0.39 is 45.6 Å². The molecule has 4 N–H and O–H groups in total. The van der Waals surface area contributed by atoms with Gasteiger partial charge in [0.15, 0.2) is 6.04 Å². The first kappa shape index (κ1) is 36.7. The maximum atomic E-state index is 16.1. The van der Waals surface area contributed by atoms with Crippen LogP contribution in [-0.2, 0) is 25.5 Å². The molecule has 3 aromatic carbocycles. The van der Waals surface area contributed by atoms with Crippen molar-refractivity contribution in [2.45, 2.75) is 73.7 Å². The van der Waals surface area contributed by atoms with Crippen molar-refractivity contribution in [1.29, 1.82) is 0 Å². The Hall–Kier alpha value is -3.53. The van der Waals surface area contributed by atoms with Gasteiger partial charge in [0.2, 0.25) is 15.9 Å². The van der Waals surface area contributed by atoms with E-state index in [-0.39, 0.29) is 47.0 Å². The number of alkyl halides is 5.